The van der Waals surface area contributed by atoms with Gasteiger partial charge in [-0.05, 0) is 12.1 Å². The maximum Gasteiger partial charge on any atom is 0.295 e. The van der Waals surface area contributed by atoms with E-state index in [2.05, 4.69) is 10.3 Å². The number of oxazole rings is 1. The van der Waals surface area contributed by atoms with E-state index in [4.69, 9.17) is 10.2 Å². The van der Waals surface area contributed by atoms with Gasteiger partial charge in [-0.2, -0.15) is 4.98 Å². The second-order valence-electron chi connectivity index (χ2n) is 3.07. The fourth-order valence-corrected chi connectivity index (χ4v) is 1.27. The third-order valence-corrected chi connectivity index (χ3v) is 1.97. The summed E-state index contributed by atoms with van der Waals surface area (Å²) in [5.41, 5.74) is 6.97. The van der Waals surface area contributed by atoms with Gasteiger partial charge in [0.05, 0.1) is 0 Å². The number of hydrogen-bond donors (Lipinski definition) is 2. The van der Waals surface area contributed by atoms with E-state index < -0.39 is 0 Å². The van der Waals surface area contributed by atoms with Gasteiger partial charge in [-0.3, -0.25) is 0 Å². The van der Waals surface area contributed by atoms with Gasteiger partial charge in [0.15, 0.2) is 5.58 Å². The average molecular weight is 203 g/mol. The number of rotatable bonds is 4. The molecule has 0 aliphatic rings. The highest BCUT2D eigenvalue weighted by molar-refractivity contribution is 5.74. The van der Waals surface area contributed by atoms with Crippen molar-refractivity contribution in [2.24, 2.45) is 5.73 Å². The lowest BCUT2D eigenvalue weighted by Gasteiger charge is -1.93. The van der Waals surface area contributed by atoms with E-state index in [1.165, 1.54) is 0 Å². The highest BCUT2D eigenvalue weighted by Gasteiger charge is 2.01. The lowest BCUT2D eigenvalue weighted by atomic mass is 10.3. The minimum Gasteiger partial charge on any atom is -0.424 e. The zero-order valence-electron chi connectivity index (χ0n) is 8.31. The highest BCUT2D eigenvalue weighted by Crippen LogP contribution is 2.17. The van der Waals surface area contributed by atoms with Gasteiger partial charge in [-0.25, -0.2) is 0 Å². The number of anilines is 1. The van der Waals surface area contributed by atoms with Crippen LogP contribution in [0.5, 0.6) is 0 Å². The van der Waals surface area contributed by atoms with Crippen molar-refractivity contribution in [1.82, 2.24) is 4.98 Å². The quantitative estimate of drug-likeness (QED) is 0.743. The van der Waals surface area contributed by atoms with Crippen LogP contribution in [0.2, 0.25) is 0 Å². The van der Waals surface area contributed by atoms with Crippen LogP contribution in [0.15, 0.2) is 40.8 Å². The largest absolute Gasteiger partial charge is 0.424 e. The summed E-state index contributed by atoms with van der Waals surface area (Å²) in [6.07, 6.45) is 3.82. The summed E-state index contributed by atoms with van der Waals surface area (Å²) in [4.78, 5) is 4.27. The molecule has 0 amide bonds. The maximum absolute atomic E-state index is 5.46. The first-order valence-electron chi connectivity index (χ1n) is 4.84. The molecule has 2 aromatic rings. The molecule has 0 fully saturated rings. The first-order valence-corrected chi connectivity index (χ1v) is 4.84. The van der Waals surface area contributed by atoms with E-state index in [0.717, 1.165) is 11.1 Å². The zero-order valence-corrected chi connectivity index (χ0v) is 8.31. The fraction of sp³-hybridized carbons (Fsp3) is 0.182. The summed E-state index contributed by atoms with van der Waals surface area (Å²) in [6.45, 7) is 1.22. The lowest BCUT2D eigenvalue weighted by Crippen LogP contribution is -2.00. The van der Waals surface area contributed by atoms with Crippen molar-refractivity contribution in [3.8, 4) is 0 Å². The molecule has 1 aromatic heterocycles. The number of fused-ring (bicyclic) bond motifs is 1. The number of nitrogens with two attached hydrogens (primary N) is 1. The molecule has 0 radical (unpaired) electrons. The van der Waals surface area contributed by atoms with Crippen LogP contribution in [0.3, 0.4) is 0 Å². The van der Waals surface area contributed by atoms with Crippen molar-refractivity contribution in [3.63, 3.8) is 0 Å². The van der Waals surface area contributed by atoms with Gasteiger partial charge in [0.2, 0.25) is 0 Å². The van der Waals surface area contributed by atoms with Gasteiger partial charge in [-0.15, -0.1) is 0 Å². The van der Waals surface area contributed by atoms with E-state index in [0.29, 0.717) is 19.1 Å². The third-order valence-electron chi connectivity index (χ3n) is 1.97. The molecule has 0 unspecified atom stereocenters. The SMILES string of the molecule is NC/C=C/CNc1nc2ccccc2o1. The minimum atomic E-state index is 0.540. The number of nitrogens with zero attached hydrogens (tertiary/aromatic N) is 1. The zero-order chi connectivity index (χ0) is 10.5. The van der Waals surface area contributed by atoms with Crippen LogP contribution in [0.4, 0.5) is 6.01 Å². The minimum absolute atomic E-state index is 0.540. The van der Waals surface area contributed by atoms with Crippen molar-refractivity contribution in [2.75, 3.05) is 18.4 Å². The second kappa shape index (κ2) is 4.61. The summed E-state index contributed by atoms with van der Waals surface area (Å²) < 4.78 is 5.46. The Morgan fingerprint density at radius 3 is 3.00 bits per heavy atom. The summed E-state index contributed by atoms with van der Waals surface area (Å²) in [6, 6.07) is 8.20. The molecule has 0 saturated carbocycles. The van der Waals surface area contributed by atoms with Gasteiger partial charge < -0.3 is 15.5 Å². The van der Waals surface area contributed by atoms with Crippen LogP contribution in [-0.2, 0) is 0 Å². The molecule has 0 atom stereocenters. The molecule has 0 spiro atoms. The molecule has 2 rings (SSSR count). The summed E-state index contributed by atoms with van der Waals surface area (Å²) in [5, 5.41) is 3.05. The standard InChI is InChI=1S/C11H13N3O/c12-7-3-4-8-13-11-14-9-5-1-2-6-10(9)15-11/h1-6H,7-8,12H2,(H,13,14)/b4-3+. The first-order chi connectivity index (χ1) is 7.40. The Balaban J connectivity index is 2.05. The Morgan fingerprint density at radius 1 is 1.33 bits per heavy atom. The van der Waals surface area contributed by atoms with E-state index >= 15 is 0 Å². The van der Waals surface area contributed by atoms with Crippen molar-refractivity contribution in [1.29, 1.82) is 0 Å². The number of benzene rings is 1. The molecule has 0 aliphatic heterocycles. The Bertz CT molecular complexity index is 429. The Morgan fingerprint density at radius 2 is 2.20 bits per heavy atom. The molecular weight excluding hydrogens is 190 g/mol. The highest BCUT2D eigenvalue weighted by atomic mass is 16.4. The number of nitrogens with one attached hydrogen (secondary N) is 1. The van der Waals surface area contributed by atoms with Crippen LogP contribution < -0.4 is 11.1 Å². The molecule has 3 N–H and O–H groups in total. The van der Waals surface area contributed by atoms with Crippen molar-refractivity contribution in [3.05, 3.63) is 36.4 Å². The molecular formula is C11H13N3O. The number of aromatic nitrogens is 1. The van der Waals surface area contributed by atoms with Crippen LogP contribution in [-0.4, -0.2) is 18.1 Å². The van der Waals surface area contributed by atoms with Gasteiger partial charge in [0.25, 0.3) is 6.01 Å². The molecule has 0 aliphatic carbocycles. The van der Waals surface area contributed by atoms with E-state index in [9.17, 15) is 0 Å². The third kappa shape index (κ3) is 2.35. The Hall–Kier alpha value is -1.81. The van der Waals surface area contributed by atoms with E-state index in [1.807, 2.05) is 36.4 Å². The van der Waals surface area contributed by atoms with E-state index in [1.54, 1.807) is 0 Å². The average Bonchev–Trinajstić information content (AvgIpc) is 2.67. The number of para-hydroxylation sites is 2. The Kier molecular flexibility index (Phi) is 2.99. The molecule has 15 heavy (non-hydrogen) atoms. The topological polar surface area (TPSA) is 64.1 Å². The monoisotopic (exact) mass is 203 g/mol. The van der Waals surface area contributed by atoms with Gasteiger partial charge >= 0.3 is 0 Å². The molecule has 78 valence electrons. The smallest absolute Gasteiger partial charge is 0.295 e. The summed E-state index contributed by atoms with van der Waals surface area (Å²) in [7, 11) is 0. The van der Waals surface area contributed by atoms with Gasteiger partial charge in [0.1, 0.15) is 5.52 Å². The van der Waals surface area contributed by atoms with Crippen LogP contribution in [0, 0.1) is 0 Å². The van der Waals surface area contributed by atoms with Crippen molar-refractivity contribution in [2.45, 2.75) is 0 Å². The molecule has 1 aromatic carbocycles. The van der Waals surface area contributed by atoms with Crippen LogP contribution in [0.1, 0.15) is 0 Å². The molecule has 1 heterocycles. The van der Waals surface area contributed by atoms with Crippen molar-refractivity contribution < 1.29 is 4.42 Å². The fourth-order valence-electron chi connectivity index (χ4n) is 1.27. The first kappa shape index (κ1) is 9.73. The lowest BCUT2D eigenvalue weighted by molar-refractivity contribution is 0.618. The van der Waals surface area contributed by atoms with Crippen LogP contribution in [0.25, 0.3) is 11.1 Å². The van der Waals surface area contributed by atoms with Gasteiger partial charge in [-0.1, -0.05) is 24.3 Å². The van der Waals surface area contributed by atoms with E-state index in [-0.39, 0.29) is 0 Å². The molecule has 4 nitrogen and oxygen atoms in total. The predicted octanol–water partition coefficient (Wildman–Crippen LogP) is 1.75. The normalized spacial score (nSPS) is 11.3. The van der Waals surface area contributed by atoms with Crippen LogP contribution >= 0.6 is 0 Å². The second-order valence-corrected chi connectivity index (χ2v) is 3.07. The number of hydrogen-bond acceptors (Lipinski definition) is 4. The van der Waals surface area contributed by atoms with Crippen molar-refractivity contribution >= 4 is 17.1 Å². The molecule has 4 heteroatoms. The van der Waals surface area contributed by atoms with Gasteiger partial charge in [0, 0.05) is 13.1 Å². The summed E-state index contributed by atoms with van der Waals surface area (Å²) >= 11 is 0. The Labute approximate surface area is 87.8 Å². The summed E-state index contributed by atoms with van der Waals surface area (Å²) in [5.74, 6) is 0. The molecule has 0 saturated heterocycles. The molecule has 0 bridgehead atoms. The predicted molar refractivity (Wildman–Crippen MR) is 60.7 cm³/mol. The maximum atomic E-state index is 5.46.